The Balaban J connectivity index is 1.76. The predicted molar refractivity (Wildman–Crippen MR) is 142 cm³/mol. The molecule has 0 aliphatic carbocycles. The minimum atomic E-state index is 0.0582. The Morgan fingerprint density at radius 2 is 1.71 bits per heavy atom. The Labute approximate surface area is 207 Å². The molecule has 1 unspecified atom stereocenters. The van der Waals surface area contributed by atoms with Crippen LogP contribution in [0.1, 0.15) is 38.4 Å². The summed E-state index contributed by atoms with van der Waals surface area (Å²) in [6.07, 6.45) is 3.57. The fraction of sp³-hybridized carbons (Fsp3) is 0.357. The van der Waals surface area contributed by atoms with Crippen LogP contribution in [0.25, 0.3) is 11.1 Å². The number of carbonyl (C=O) groups is 1. The second-order valence-corrected chi connectivity index (χ2v) is 10.2. The third-order valence-corrected chi connectivity index (χ3v) is 7.07. The molecule has 0 bridgehead atoms. The summed E-state index contributed by atoms with van der Waals surface area (Å²) in [5.74, 6) is 0.393. The first kappa shape index (κ1) is 24.2. The van der Waals surface area contributed by atoms with Crippen LogP contribution >= 0.6 is 11.5 Å². The number of aromatic nitrogens is 1. The first-order valence-corrected chi connectivity index (χ1v) is 12.7. The number of carbonyl (C=O) groups excluding carboxylic acids is 1. The summed E-state index contributed by atoms with van der Waals surface area (Å²) in [4.78, 5) is 20.0. The fourth-order valence-corrected chi connectivity index (χ4v) is 5.35. The number of anilines is 1. The molecule has 0 radical (unpaired) electrons. The van der Waals surface area contributed by atoms with Crippen molar-refractivity contribution in [1.29, 1.82) is 0 Å². The summed E-state index contributed by atoms with van der Waals surface area (Å²) in [6.45, 7) is 12.4. The van der Waals surface area contributed by atoms with Crippen LogP contribution in [0.5, 0.6) is 0 Å². The zero-order valence-corrected chi connectivity index (χ0v) is 21.2. The van der Waals surface area contributed by atoms with Gasteiger partial charge in [0.15, 0.2) is 0 Å². The van der Waals surface area contributed by atoms with Crippen molar-refractivity contribution in [3.8, 4) is 11.1 Å². The Bertz CT molecular complexity index is 1100. The second kappa shape index (κ2) is 11.0. The smallest absolute Gasteiger partial charge is 0.311 e. The van der Waals surface area contributed by atoms with E-state index in [4.69, 9.17) is 4.37 Å². The van der Waals surface area contributed by atoms with Crippen LogP contribution in [0.15, 0.2) is 73.3 Å². The zero-order valence-electron chi connectivity index (χ0n) is 20.4. The van der Waals surface area contributed by atoms with Gasteiger partial charge >= 0.3 is 6.03 Å². The maximum absolute atomic E-state index is 13.7. The highest BCUT2D eigenvalue weighted by Gasteiger charge is 2.36. The lowest BCUT2D eigenvalue weighted by atomic mass is 10.0. The lowest BCUT2D eigenvalue weighted by Crippen LogP contribution is -2.60. The molecule has 1 aliphatic rings. The number of rotatable bonds is 9. The van der Waals surface area contributed by atoms with Crippen LogP contribution in [-0.2, 0) is 6.42 Å². The number of hydrogen-bond acceptors (Lipinski definition) is 4. The number of amides is 2. The van der Waals surface area contributed by atoms with Crippen LogP contribution in [0, 0.1) is 5.92 Å². The third-order valence-electron chi connectivity index (χ3n) is 6.16. The molecule has 6 heteroatoms. The molecule has 34 heavy (non-hydrogen) atoms. The number of urea groups is 1. The molecule has 2 heterocycles. The van der Waals surface area contributed by atoms with Crippen molar-refractivity contribution in [3.05, 3.63) is 84.6 Å². The normalized spacial score (nSPS) is 15.7. The van der Waals surface area contributed by atoms with E-state index in [0.717, 1.165) is 41.2 Å². The Kier molecular flexibility index (Phi) is 7.80. The molecule has 0 N–H and O–H groups in total. The molecule has 3 aromatic rings. The molecule has 1 saturated heterocycles. The van der Waals surface area contributed by atoms with E-state index in [-0.39, 0.29) is 6.03 Å². The molecule has 2 aromatic carbocycles. The van der Waals surface area contributed by atoms with E-state index in [2.05, 4.69) is 68.6 Å². The average Bonchev–Trinajstić information content (AvgIpc) is 3.24. The minimum Gasteiger partial charge on any atom is -0.311 e. The van der Waals surface area contributed by atoms with Crippen molar-refractivity contribution in [2.75, 3.05) is 24.8 Å². The van der Waals surface area contributed by atoms with Crippen molar-refractivity contribution in [2.45, 2.75) is 39.7 Å². The van der Waals surface area contributed by atoms with Crippen LogP contribution in [0.4, 0.5) is 9.80 Å². The summed E-state index contributed by atoms with van der Waals surface area (Å²) in [5.41, 5.74) is 4.38. The summed E-state index contributed by atoms with van der Waals surface area (Å²) >= 11 is 1.43. The summed E-state index contributed by atoms with van der Waals surface area (Å²) in [6, 6.07) is 21.1. The molecule has 4 rings (SSSR count). The highest BCUT2D eigenvalue weighted by Crippen LogP contribution is 2.40. The lowest BCUT2D eigenvalue weighted by molar-refractivity contribution is 0.0837. The van der Waals surface area contributed by atoms with E-state index >= 15 is 0 Å². The molecule has 1 aromatic heterocycles. The van der Waals surface area contributed by atoms with E-state index in [0.29, 0.717) is 25.3 Å². The van der Waals surface area contributed by atoms with Gasteiger partial charge in [0.25, 0.3) is 0 Å². The Hall–Kier alpha value is -2.96. The van der Waals surface area contributed by atoms with Crippen LogP contribution < -0.4 is 4.90 Å². The van der Waals surface area contributed by atoms with Gasteiger partial charge in [-0.3, -0.25) is 9.80 Å². The zero-order chi connectivity index (χ0) is 24.1. The second-order valence-electron chi connectivity index (χ2n) is 9.41. The van der Waals surface area contributed by atoms with E-state index < -0.39 is 0 Å². The average molecular weight is 475 g/mol. The topological polar surface area (TPSA) is 39.7 Å². The van der Waals surface area contributed by atoms with Crippen molar-refractivity contribution in [3.63, 3.8) is 0 Å². The molecular formula is C28H34N4OS. The monoisotopic (exact) mass is 474 g/mol. The largest absolute Gasteiger partial charge is 0.327 e. The molecular weight excluding hydrogens is 440 g/mol. The highest BCUT2D eigenvalue weighted by atomic mass is 32.1. The quantitative estimate of drug-likeness (QED) is 0.333. The van der Waals surface area contributed by atoms with E-state index in [9.17, 15) is 4.79 Å². The summed E-state index contributed by atoms with van der Waals surface area (Å²) < 4.78 is 4.88. The molecule has 2 amide bonds. The van der Waals surface area contributed by atoms with E-state index in [1.165, 1.54) is 17.1 Å². The fourth-order valence-electron chi connectivity index (χ4n) is 4.44. The highest BCUT2D eigenvalue weighted by molar-refractivity contribution is 7.11. The van der Waals surface area contributed by atoms with Gasteiger partial charge < -0.3 is 4.90 Å². The van der Waals surface area contributed by atoms with Gasteiger partial charge in [-0.1, -0.05) is 80.6 Å². The Morgan fingerprint density at radius 3 is 2.35 bits per heavy atom. The van der Waals surface area contributed by atoms with Gasteiger partial charge in [0.2, 0.25) is 0 Å². The molecule has 0 saturated carbocycles. The molecule has 1 atom stereocenters. The third kappa shape index (κ3) is 5.40. The first-order chi connectivity index (χ1) is 16.5. The van der Waals surface area contributed by atoms with Crippen molar-refractivity contribution >= 4 is 22.6 Å². The van der Waals surface area contributed by atoms with Crippen LogP contribution in [-0.4, -0.2) is 46.1 Å². The van der Waals surface area contributed by atoms with Gasteiger partial charge in [-0.15, -0.1) is 6.58 Å². The molecule has 0 spiro atoms. The van der Waals surface area contributed by atoms with Gasteiger partial charge in [-0.05, 0) is 41.9 Å². The maximum atomic E-state index is 13.7. The van der Waals surface area contributed by atoms with Gasteiger partial charge in [0, 0.05) is 24.6 Å². The van der Waals surface area contributed by atoms with E-state index in [1.807, 2.05) is 40.1 Å². The van der Waals surface area contributed by atoms with Crippen LogP contribution in [0.2, 0.25) is 0 Å². The van der Waals surface area contributed by atoms with Gasteiger partial charge in [-0.2, -0.15) is 4.37 Å². The van der Waals surface area contributed by atoms with Gasteiger partial charge in [-0.25, -0.2) is 4.79 Å². The molecule has 178 valence electrons. The number of nitrogens with zero attached hydrogens (tertiary/aromatic N) is 4. The number of hydrogen-bond donors (Lipinski definition) is 0. The molecule has 1 fully saturated rings. The lowest BCUT2D eigenvalue weighted by Gasteiger charge is -2.44. The van der Waals surface area contributed by atoms with Gasteiger partial charge in [0.05, 0.1) is 19.0 Å². The minimum absolute atomic E-state index is 0.0582. The van der Waals surface area contributed by atoms with Crippen LogP contribution in [0.3, 0.4) is 0 Å². The summed E-state index contributed by atoms with van der Waals surface area (Å²) in [5, 5.41) is 0.923. The number of benzene rings is 2. The van der Waals surface area contributed by atoms with Crippen molar-refractivity contribution in [1.82, 2.24) is 14.2 Å². The molecule has 1 aliphatic heterocycles. The van der Waals surface area contributed by atoms with Crippen molar-refractivity contribution < 1.29 is 4.79 Å². The standard InChI is InChI=1S/C28H34N4OS/c1-5-12-22(4)31-19-30(18-21(2)3)28(33)32(20-31)27-26(24-15-10-7-11-16-24)25(29-34-27)17-23-13-8-6-9-14-23/h5-11,13-16,21-22H,1,12,17-20H2,2-4H3. The predicted octanol–water partition coefficient (Wildman–Crippen LogP) is 6.48. The SMILES string of the molecule is C=CCC(C)N1CN(CC(C)C)C(=O)N(c2snc(Cc3ccccc3)c2-c2ccccc2)C1. The van der Waals surface area contributed by atoms with Crippen molar-refractivity contribution in [2.24, 2.45) is 5.92 Å². The first-order valence-electron chi connectivity index (χ1n) is 12.0. The maximum Gasteiger partial charge on any atom is 0.327 e. The van der Waals surface area contributed by atoms with E-state index in [1.54, 1.807) is 0 Å². The van der Waals surface area contributed by atoms with Gasteiger partial charge in [0.1, 0.15) is 5.00 Å². The molecule has 5 nitrogen and oxygen atoms in total. The summed E-state index contributed by atoms with van der Waals surface area (Å²) in [7, 11) is 0. The Morgan fingerprint density at radius 1 is 1.03 bits per heavy atom.